The van der Waals surface area contributed by atoms with Gasteiger partial charge in [-0.1, -0.05) is 29.3 Å². The number of aromatic nitrogens is 1. The summed E-state index contributed by atoms with van der Waals surface area (Å²) in [5.74, 6) is -0.594. The first-order chi connectivity index (χ1) is 9.43. The van der Waals surface area contributed by atoms with E-state index in [1.54, 1.807) is 31.2 Å². The van der Waals surface area contributed by atoms with Crippen LogP contribution in [0.2, 0.25) is 10.0 Å². The molecule has 4 N–H and O–H groups in total. The lowest BCUT2D eigenvalue weighted by Crippen LogP contribution is -2.15. The second kappa shape index (κ2) is 7.09. The Morgan fingerprint density at radius 2 is 1.90 bits per heavy atom. The topological polar surface area (TPSA) is 82.0 Å². The molecule has 112 valence electrons. The summed E-state index contributed by atoms with van der Waals surface area (Å²) in [5, 5.41) is 1.02. The standard InChI is InChI=1S/C14H13Cl2N3O.ClH/c1-7-11(6-17)10(5-13(19-7)14(18)20)9-3-2-8(15)4-12(9)16;/h2-5H,6,17H2,1H3,(H2,18,20);1H. The van der Waals surface area contributed by atoms with Crippen molar-refractivity contribution in [3.8, 4) is 11.1 Å². The fraction of sp³-hybridized carbons (Fsp3) is 0.143. The predicted octanol–water partition coefficient (Wildman–Crippen LogP) is 3.34. The molecule has 1 aromatic carbocycles. The summed E-state index contributed by atoms with van der Waals surface area (Å²) in [6.45, 7) is 2.06. The van der Waals surface area contributed by atoms with E-state index < -0.39 is 5.91 Å². The Morgan fingerprint density at radius 3 is 2.43 bits per heavy atom. The van der Waals surface area contributed by atoms with Crippen molar-refractivity contribution in [2.75, 3.05) is 0 Å². The highest BCUT2D eigenvalue weighted by Gasteiger charge is 2.15. The van der Waals surface area contributed by atoms with Crippen LogP contribution in [0.1, 0.15) is 21.7 Å². The van der Waals surface area contributed by atoms with Gasteiger partial charge in [-0.05, 0) is 36.2 Å². The summed E-state index contributed by atoms with van der Waals surface area (Å²) in [6, 6.07) is 6.75. The predicted molar refractivity (Wildman–Crippen MR) is 88.1 cm³/mol. The maximum Gasteiger partial charge on any atom is 0.267 e. The number of hydrogen-bond donors (Lipinski definition) is 2. The minimum Gasteiger partial charge on any atom is -0.364 e. The number of nitrogens with zero attached hydrogens (tertiary/aromatic N) is 1. The molecule has 4 nitrogen and oxygen atoms in total. The number of aryl methyl sites for hydroxylation is 1. The normalized spacial score (nSPS) is 10.1. The van der Waals surface area contributed by atoms with Crippen molar-refractivity contribution in [3.05, 3.63) is 51.3 Å². The van der Waals surface area contributed by atoms with Crippen LogP contribution >= 0.6 is 35.6 Å². The van der Waals surface area contributed by atoms with Gasteiger partial charge < -0.3 is 11.5 Å². The van der Waals surface area contributed by atoms with E-state index in [0.717, 1.165) is 16.7 Å². The Balaban J connectivity index is 0.00000220. The van der Waals surface area contributed by atoms with Crippen LogP contribution in [0.25, 0.3) is 11.1 Å². The Kier molecular flexibility index (Phi) is 5.98. The number of amides is 1. The Hall–Kier alpha value is -1.33. The fourth-order valence-electron chi connectivity index (χ4n) is 2.03. The first kappa shape index (κ1) is 17.7. The van der Waals surface area contributed by atoms with Gasteiger partial charge in [-0.25, -0.2) is 4.98 Å². The largest absolute Gasteiger partial charge is 0.364 e. The van der Waals surface area contributed by atoms with Crippen molar-refractivity contribution in [1.82, 2.24) is 4.98 Å². The zero-order valence-corrected chi connectivity index (χ0v) is 13.5. The zero-order chi connectivity index (χ0) is 14.9. The Labute approximate surface area is 138 Å². The van der Waals surface area contributed by atoms with Gasteiger partial charge in [0.05, 0.1) is 0 Å². The molecule has 0 fully saturated rings. The van der Waals surface area contributed by atoms with Gasteiger partial charge in [0.15, 0.2) is 0 Å². The molecule has 0 spiro atoms. The van der Waals surface area contributed by atoms with Crippen LogP contribution in [0.3, 0.4) is 0 Å². The van der Waals surface area contributed by atoms with Crippen molar-refractivity contribution < 1.29 is 4.79 Å². The molecule has 0 aliphatic rings. The third kappa shape index (κ3) is 3.66. The highest BCUT2D eigenvalue weighted by atomic mass is 35.5. The maximum atomic E-state index is 11.3. The summed E-state index contributed by atoms with van der Waals surface area (Å²) >= 11 is 12.1. The van der Waals surface area contributed by atoms with Crippen molar-refractivity contribution >= 4 is 41.5 Å². The molecule has 21 heavy (non-hydrogen) atoms. The minimum absolute atomic E-state index is 0. The molecule has 0 saturated heterocycles. The van der Waals surface area contributed by atoms with Gasteiger partial charge in [-0.2, -0.15) is 0 Å². The molecular weight excluding hydrogens is 333 g/mol. The molecule has 0 saturated carbocycles. The fourth-order valence-corrected chi connectivity index (χ4v) is 2.54. The number of primary amides is 1. The highest BCUT2D eigenvalue weighted by molar-refractivity contribution is 6.36. The molecule has 1 aromatic heterocycles. The van der Waals surface area contributed by atoms with Crippen LogP contribution in [0, 0.1) is 6.92 Å². The third-order valence-corrected chi connectivity index (χ3v) is 3.56. The van der Waals surface area contributed by atoms with Crippen LogP contribution in [-0.4, -0.2) is 10.9 Å². The average Bonchev–Trinajstić information content (AvgIpc) is 2.37. The molecule has 1 amide bonds. The SMILES string of the molecule is Cc1nc(C(N)=O)cc(-c2ccc(Cl)cc2Cl)c1CN.Cl. The summed E-state index contributed by atoms with van der Waals surface area (Å²) in [7, 11) is 0. The molecule has 0 atom stereocenters. The zero-order valence-electron chi connectivity index (χ0n) is 11.2. The average molecular weight is 347 g/mol. The van der Waals surface area contributed by atoms with Gasteiger partial charge in [0.1, 0.15) is 5.69 Å². The van der Waals surface area contributed by atoms with E-state index in [4.69, 9.17) is 34.7 Å². The summed E-state index contributed by atoms with van der Waals surface area (Å²) in [6.07, 6.45) is 0. The first-order valence-electron chi connectivity index (χ1n) is 5.90. The second-order valence-corrected chi connectivity index (χ2v) is 5.16. The van der Waals surface area contributed by atoms with E-state index in [0.29, 0.717) is 15.7 Å². The van der Waals surface area contributed by atoms with E-state index in [9.17, 15) is 4.79 Å². The van der Waals surface area contributed by atoms with Gasteiger partial charge >= 0.3 is 0 Å². The Morgan fingerprint density at radius 1 is 1.24 bits per heavy atom. The van der Waals surface area contributed by atoms with E-state index in [1.165, 1.54) is 0 Å². The Bertz CT molecular complexity index is 689. The third-order valence-electron chi connectivity index (χ3n) is 3.01. The number of pyridine rings is 1. The number of halogens is 3. The number of hydrogen-bond acceptors (Lipinski definition) is 3. The monoisotopic (exact) mass is 345 g/mol. The van der Waals surface area contributed by atoms with E-state index in [1.807, 2.05) is 0 Å². The second-order valence-electron chi connectivity index (χ2n) is 4.31. The summed E-state index contributed by atoms with van der Waals surface area (Å²) in [5.41, 5.74) is 14.2. The van der Waals surface area contributed by atoms with Crippen molar-refractivity contribution in [2.45, 2.75) is 13.5 Å². The van der Waals surface area contributed by atoms with E-state index in [-0.39, 0.29) is 24.6 Å². The number of carbonyl (C=O) groups excluding carboxylic acids is 1. The van der Waals surface area contributed by atoms with Crippen LogP contribution in [0.5, 0.6) is 0 Å². The quantitative estimate of drug-likeness (QED) is 0.894. The maximum absolute atomic E-state index is 11.3. The molecule has 2 rings (SSSR count). The molecule has 0 aliphatic heterocycles. The van der Waals surface area contributed by atoms with Gasteiger partial charge in [0.25, 0.3) is 5.91 Å². The molecule has 0 unspecified atom stereocenters. The molecule has 0 bridgehead atoms. The smallest absolute Gasteiger partial charge is 0.267 e. The van der Waals surface area contributed by atoms with Gasteiger partial charge in [0.2, 0.25) is 0 Å². The number of carbonyl (C=O) groups is 1. The summed E-state index contributed by atoms with van der Waals surface area (Å²) < 4.78 is 0. The van der Waals surface area contributed by atoms with Crippen LogP contribution < -0.4 is 11.5 Å². The van der Waals surface area contributed by atoms with Crippen molar-refractivity contribution in [1.29, 1.82) is 0 Å². The minimum atomic E-state index is -0.594. The van der Waals surface area contributed by atoms with Gasteiger partial charge in [-0.15, -0.1) is 12.4 Å². The lowest BCUT2D eigenvalue weighted by molar-refractivity contribution is 0.0995. The van der Waals surface area contributed by atoms with Crippen molar-refractivity contribution in [3.63, 3.8) is 0 Å². The highest BCUT2D eigenvalue weighted by Crippen LogP contribution is 2.33. The lowest BCUT2D eigenvalue weighted by Gasteiger charge is -2.13. The lowest BCUT2D eigenvalue weighted by atomic mass is 9.98. The summed E-state index contributed by atoms with van der Waals surface area (Å²) in [4.78, 5) is 15.5. The van der Waals surface area contributed by atoms with Gasteiger partial charge in [0, 0.05) is 27.8 Å². The van der Waals surface area contributed by atoms with Crippen LogP contribution in [-0.2, 0) is 6.54 Å². The molecule has 7 heteroatoms. The van der Waals surface area contributed by atoms with E-state index in [2.05, 4.69) is 4.98 Å². The number of nitrogens with two attached hydrogens (primary N) is 2. The first-order valence-corrected chi connectivity index (χ1v) is 6.65. The molecule has 0 radical (unpaired) electrons. The number of benzene rings is 1. The number of rotatable bonds is 3. The van der Waals surface area contributed by atoms with Gasteiger partial charge in [-0.3, -0.25) is 4.79 Å². The van der Waals surface area contributed by atoms with Crippen LogP contribution in [0.15, 0.2) is 24.3 Å². The molecule has 0 aliphatic carbocycles. The molecular formula is C14H14Cl3N3O. The molecule has 2 aromatic rings. The van der Waals surface area contributed by atoms with E-state index >= 15 is 0 Å². The molecule has 1 heterocycles. The van der Waals surface area contributed by atoms with Crippen LogP contribution in [0.4, 0.5) is 0 Å². The van der Waals surface area contributed by atoms with Crippen molar-refractivity contribution in [2.24, 2.45) is 11.5 Å².